The molecule has 1 aliphatic heterocycles. The van der Waals surface area contributed by atoms with E-state index in [0.717, 1.165) is 38.4 Å². The first-order valence-electron chi connectivity index (χ1n) is 11.3. The standard InChI is InChI=1S/C25H23N2O6PS/c1-2-32-34(30)27(18-9-12-31-13-10-18)20-15-23(35-24(20)25(28)29)17-7-5-16(6-8-17)22-14-19-21(33-22)4-3-11-26-19/h3-8,11,14-15,18H,2,9-10,12-13H2,1H3/p+1. The average molecular weight is 512 g/mol. The molecule has 35 heavy (non-hydrogen) atoms. The summed E-state index contributed by atoms with van der Waals surface area (Å²) >= 11 is 1.16. The summed E-state index contributed by atoms with van der Waals surface area (Å²) < 4.78 is 31.5. The smallest absolute Gasteiger partial charge is 0.477 e. The monoisotopic (exact) mass is 511 g/mol. The molecule has 0 aliphatic carbocycles. The number of fused-ring (bicyclic) bond motifs is 1. The van der Waals surface area contributed by atoms with E-state index in [1.807, 2.05) is 42.5 Å². The van der Waals surface area contributed by atoms with Crippen molar-refractivity contribution in [1.82, 2.24) is 4.98 Å². The number of anilines is 1. The number of carbonyl (C=O) groups is 1. The van der Waals surface area contributed by atoms with Crippen molar-refractivity contribution in [2.45, 2.75) is 25.8 Å². The van der Waals surface area contributed by atoms with Crippen LogP contribution >= 0.6 is 19.5 Å². The number of rotatable bonds is 8. The number of carboxylic acids is 1. The number of ether oxygens (including phenoxy) is 1. The third kappa shape index (κ3) is 4.86. The van der Waals surface area contributed by atoms with Gasteiger partial charge in [-0.15, -0.1) is 20.5 Å². The van der Waals surface area contributed by atoms with Crippen molar-refractivity contribution >= 4 is 42.3 Å². The minimum Gasteiger partial charge on any atom is -0.477 e. The Labute approximate surface area is 207 Å². The van der Waals surface area contributed by atoms with E-state index in [0.29, 0.717) is 37.5 Å². The average Bonchev–Trinajstić information content (AvgIpc) is 3.50. The molecule has 1 aromatic carbocycles. The molecule has 1 atom stereocenters. The maximum absolute atomic E-state index is 13.0. The molecule has 1 saturated heterocycles. The number of nitrogens with zero attached hydrogens (tertiary/aromatic N) is 2. The first-order valence-corrected chi connectivity index (χ1v) is 13.3. The van der Waals surface area contributed by atoms with Crippen LogP contribution in [-0.2, 0) is 13.8 Å². The zero-order valence-electron chi connectivity index (χ0n) is 19.0. The summed E-state index contributed by atoms with van der Waals surface area (Å²) in [5.41, 5.74) is 3.69. The fourth-order valence-electron chi connectivity index (χ4n) is 4.18. The molecule has 5 rings (SSSR count). The first-order chi connectivity index (χ1) is 17.0. The Morgan fingerprint density at radius 3 is 2.63 bits per heavy atom. The van der Waals surface area contributed by atoms with Gasteiger partial charge in [0.15, 0.2) is 5.58 Å². The van der Waals surface area contributed by atoms with E-state index in [4.69, 9.17) is 13.7 Å². The van der Waals surface area contributed by atoms with Crippen molar-refractivity contribution in [2.24, 2.45) is 0 Å². The number of furan rings is 1. The number of carboxylic acid groups (broad SMARTS) is 1. The molecular formula is C25H24N2O6PS+. The maximum atomic E-state index is 13.0. The minimum atomic E-state index is -2.23. The normalized spacial score (nSPS) is 14.8. The molecule has 8 nitrogen and oxygen atoms in total. The van der Waals surface area contributed by atoms with Crippen LogP contribution in [0.5, 0.6) is 0 Å². The van der Waals surface area contributed by atoms with E-state index in [2.05, 4.69) is 4.98 Å². The summed E-state index contributed by atoms with van der Waals surface area (Å²) in [5.74, 6) is -0.345. The summed E-state index contributed by atoms with van der Waals surface area (Å²) in [6.45, 7) is 3.11. The van der Waals surface area contributed by atoms with Crippen LogP contribution in [0.2, 0.25) is 0 Å². The van der Waals surface area contributed by atoms with Crippen LogP contribution in [-0.4, -0.2) is 41.9 Å². The Morgan fingerprint density at radius 1 is 1.20 bits per heavy atom. The zero-order chi connectivity index (χ0) is 24.4. The van der Waals surface area contributed by atoms with Crippen molar-refractivity contribution < 1.29 is 28.1 Å². The van der Waals surface area contributed by atoms with Crippen molar-refractivity contribution in [1.29, 1.82) is 0 Å². The highest BCUT2D eigenvalue weighted by molar-refractivity contribution is 7.41. The first kappa shape index (κ1) is 23.6. The second-order valence-corrected chi connectivity index (χ2v) is 10.3. The molecule has 180 valence electrons. The molecule has 1 aliphatic rings. The molecule has 0 saturated carbocycles. The Morgan fingerprint density at radius 2 is 1.94 bits per heavy atom. The predicted molar refractivity (Wildman–Crippen MR) is 135 cm³/mol. The third-order valence-corrected chi connectivity index (χ3v) is 8.38. The van der Waals surface area contributed by atoms with Gasteiger partial charge in [0.05, 0.1) is 6.04 Å². The van der Waals surface area contributed by atoms with Crippen LogP contribution in [0.15, 0.2) is 59.1 Å². The van der Waals surface area contributed by atoms with Crippen molar-refractivity contribution in [3.63, 3.8) is 0 Å². The summed E-state index contributed by atoms with van der Waals surface area (Å²) in [7, 11) is -2.23. The Kier molecular flexibility index (Phi) is 6.92. The van der Waals surface area contributed by atoms with Gasteiger partial charge in [0.1, 0.15) is 28.4 Å². The maximum Gasteiger partial charge on any atom is 0.646 e. The molecule has 1 fully saturated rings. The molecule has 0 amide bonds. The van der Waals surface area contributed by atoms with Crippen molar-refractivity contribution in [3.05, 3.63) is 59.6 Å². The summed E-state index contributed by atoms with van der Waals surface area (Å²) in [6, 6.07) is 15.0. The fourth-order valence-corrected chi connectivity index (χ4v) is 6.42. The number of hydrogen-bond donors (Lipinski definition) is 1. The van der Waals surface area contributed by atoms with Gasteiger partial charge in [-0.3, -0.25) is 4.98 Å². The Bertz CT molecular complexity index is 1330. The Balaban J connectivity index is 1.49. The molecule has 0 radical (unpaired) electrons. The Hall–Kier alpha value is -3.10. The zero-order valence-corrected chi connectivity index (χ0v) is 20.8. The third-order valence-electron chi connectivity index (χ3n) is 5.85. The second kappa shape index (κ2) is 10.3. The lowest BCUT2D eigenvalue weighted by Gasteiger charge is -2.26. The molecule has 10 heteroatoms. The van der Waals surface area contributed by atoms with Gasteiger partial charge in [0, 0.05) is 35.9 Å². The van der Waals surface area contributed by atoms with Gasteiger partial charge in [-0.2, -0.15) is 0 Å². The number of thiophene rings is 1. The second-order valence-electron chi connectivity index (χ2n) is 8.05. The minimum absolute atomic E-state index is 0.122. The highest BCUT2D eigenvalue weighted by Gasteiger charge is 2.41. The van der Waals surface area contributed by atoms with Crippen LogP contribution in [0.3, 0.4) is 0 Å². The molecule has 0 spiro atoms. The molecule has 3 aromatic heterocycles. The van der Waals surface area contributed by atoms with Gasteiger partial charge < -0.3 is 14.3 Å². The van der Waals surface area contributed by atoms with Crippen LogP contribution in [0.25, 0.3) is 32.9 Å². The number of aromatic nitrogens is 1. The molecule has 1 N–H and O–H groups in total. The molecular weight excluding hydrogens is 487 g/mol. The SMILES string of the molecule is CCO[P+](=O)N(c1cc(-c2ccc(-c3cc4ncccc4o3)cc2)sc1C(=O)O)C1CCOCC1. The van der Waals surface area contributed by atoms with Gasteiger partial charge in [0.2, 0.25) is 0 Å². The van der Waals surface area contributed by atoms with Crippen LogP contribution in [0, 0.1) is 0 Å². The largest absolute Gasteiger partial charge is 0.646 e. The lowest BCUT2D eigenvalue weighted by atomic mass is 10.1. The quantitative estimate of drug-likeness (QED) is 0.264. The number of benzene rings is 1. The summed E-state index contributed by atoms with van der Waals surface area (Å²) in [4.78, 5) is 17.4. The summed E-state index contributed by atoms with van der Waals surface area (Å²) in [5, 5.41) is 9.95. The van der Waals surface area contributed by atoms with E-state index >= 15 is 0 Å². The van der Waals surface area contributed by atoms with E-state index in [9.17, 15) is 14.5 Å². The van der Waals surface area contributed by atoms with Gasteiger partial charge in [-0.05, 0) is 48.1 Å². The number of aromatic carboxylic acids is 1. The highest BCUT2D eigenvalue weighted by atomic mass is 32.1. The van der Waals surface area contributed by atoms with Crippen LogP contribution in [0.1, 0.15) is 29.4 Å². The van der Waals surface area contributed by atoms with E-state index in [1.165, 1.54) is 0 Å². The van der Waals surface area contributed by atoms with E-state index in [-0.39, 0.29) is 17.5 Å². The van der Waals surface area contributed by atoms with Crippen molar-refractivity contribution in [2.75, 3.05) is 24.5 Å². The van der Waals surface area contributed by atoms with E-state index < -0.39 is 14.1 Å². The highest BCUT2D eigenvalue weighted by Crippen LogP contribution is 2.46. The number of pyridine rings is 1. The van der Waals surface area contributed by atoms with E-state index in [1.54, 1.807) is 23.9 Å². The lowest BCUT2D eigenvalue weighted by Crippen LogP contribution is -2.35. The molecule has 4 heterocycles. The summed E-state index contributed by atoms with van der Waals surface area (Å²) in [6.07, 6.45) is 3.03. The molecule has 0 bridgehead atoms. The van der Waals surface area contributed by atoms with Crippen LogP contribution in [0.4, 0.5) is 5.69 Å². The van der Waals surface area contributed by atoms with Crippen LogP contribution < -0.4 is 4.67 Å². The lowest BCUT2D eigenvalue weighted by molar-refractivity contribution is 0.0702. The van der Waals surface area contributed by atoms with Gasteiger partial charge >= 0.3 is 14.1 Å². The fraction of sp³-hybridized carbons (Fsp3) is 0.280. The van der Waals surface area contributed by atoms with Crippen molar-refractivity contribution in [3.8, 4) is 21.8 Å². The molecule has 1 unspecified atom stereocenters. The van der Waals surface area contributed by atoms with Gasteiger partial charge in [-0.25, -0.2) is 4.79 Å². The van der Waals surface area contributed by atoms with Gasteiger partial charge in [-0.1, -0.05) is 24.3 Å². The predicted octanol–water partition coefficient (Wildman–Crippen LogP) is 6.60. The number of hydrogen-bond acceptors (Lipinski definition) is 7. The molecule has 4 aromatic rings. The van der Waals surface area contributed by atoms with Gasteiger partial charge in [0.25, 0.3) is 0 Å². The topological polar surface area (TPSA) is 102 Å².